The van der Waals surface area contributed by atoms with Crippen LogP contribution in [0.5, 0.6) is 0 Å². The number of nitrogens with two attached hydrogens (primary N) is 1. The van der Waals surface area contributed by atoms with Crippen molar-refractivity contribution < 1.29 is 0 Å². The van der Waals surface area contributed by atoms with Gasteiger partial charge < -0.3 is 10.3 Å². The first-order valence-electron chi connectivity index (χ1n) is 4.19. The first kappa shape index (κ1) is 9.00. The van der Waals surface area contributed by atoms with E-state index in [0.29, 0.717) is 0 Å². The Hall–Kier alpha value is -1.09. The van der Waals surface area contributed by atoms with Gasteiger partial charge in [-0.15, -0.1) is 0 Å². The molecular formula is C9H15N3. The van der Waals surface area contributed by atoms with Crippen molar-refractivity contribution in [1.82, 2.24) is 9.55 Å². The zero-order valence-electron chi connectivity index (χ0n) is 7.57. The van der Waals surface area contributed by atoms with Crippen molar-refractivity contribution in [3.05, 3.63) is 24.3 Å². The summed E-state index contributed by atoms with van der Waals surface area (Å²) in [5, 5.41) is 0. The lowest BCUT2D eigenvalue weighted by Gasteiger charge is -1.99. The molecule has 0 saturated heterocycles. The van der Waals surface area contributed by atoms with E-state index < -0.39 is 0 Å². The number of hydrogen-bond donors (Lipinski definition) is 1. The van der Waals surface area contributed by atoms with Crippen LogP contribution in [-0.4, -0.2) is 15.6 Å². The lowest BCUT2D eigenvalue weighted by atomic mass is 10.3. The average Bonchev–Trinajstić information content (AvgIpc) is 2.47. The summed E-state index contributed by atoms with van der Waals surface area (Å²) in [5.74, 6) is 0.967. The van der Waals surface area contributed by atoms with Crippen LogP contribution in [0.15, 0.2) is 18.5 Å². The second-order valence-corrected chi connectivity index (χ2v) is 2.79. The lowest BCUT2D eigenvalue weighted by molar-refractivity contribution is 0.751. The largest absolute Gasteiger partial charge is 0.332 e. The minimum atomic E-state index is 0.0898. The summed E-state index contributed by atoms with van der Waals surface area (Å²) in [7, 11) is 0. The van der Waals surface area contributed by atoms with Gasteiger partial charge in [0, 0.05) is 25.0 Å². The Balaban J connectivity index is 2.74. The number of aromatic nitrogens is 2. The fraction of sp³-hybridized carbons (Fsp3) is 0.444. The monoisotopic (exact) mass is 165 g/mol. The third-order valence-electron chi connectivity index (χ3n) is 1.64. The number of hydrogen-bond acceptors (Lipinski definition) is 2. The molecular weight excluding hydrogens is 150 g/mol. The first-order valence-corrected chi connectivity index (χ1v) is 4.19. The van der Waals surface area contributed by atoms with Gasteiger partial charge in [0.1, 0.15) is 5.82 Å². The van der Waals surface area contributed by atoms with Crippen molar-refractivity contribution in [1.29, 1.82) is 0 Å². The minimum absolute atomic E-state index is 0.0898. The van der Waals surface area contributed by atoms with Crippen molar-refractivity contribution in [2.45, 2.75) is 26.4 Å². The molecule has 3 heteroatoms. The molecule has 0 aromatic carbocycles. The molecule has 0 aliphatic rings. The van der Waals surface area contributed by atoms with Crippen LogP contribution in [0.25, 0.3) is 6.08 Å². The van der Waals surface area contributed by atoms with Crippen molar-refractivity contribution in [2.24, 2.45) is 5.73 Å². The van der Waals surface area contributed by atoms with Gasteiger partial charge in [-0.2, -0.15) is 0 Å². The molecule has 12 heavy (non-hydrogen) atoms. The molecule has 1 aromatic heterocycles. The molecule has 0 fully saturated rings. The predicted octanol–water partition coefficient (Wildman–Crippen LogP) is 1.26. The normalized spacial score (nSPS) is 13.9. The number of nitrogens with zero attached hydrogens (tertiary/aromatic N) is 2. The van der Waals surface area contributed by atoms with Crippen LogP contribution in [0.4, 0.5) is 0 Å². The topological polar surface area (TPSA) is 43.8 Å². The van der Waals surface area contributed by atoms with Gasteiger partial charge in [-0.3, -0.25) is 0 Å². The summed E-state index contributed by atoms with van der Waals surface area (Å²) < 4.78 is 2.07. The van der Waals surface area contributed by atoms with E-state index in [1.807, 2.05) is 25.3 Å². The van der Waals surface area contributed by atoms with Crippen LogP contribution in [0.3, 0.4) is 0 Å². The van der Waals surface area contributed by atoms with Crippen LogP contribution < -0.4 is 5.73 Å². The van der Waals surface area contributed by atoms with Crippen molar-refractivity contribution in [3.63, 3.8) is 0 Å². The number of aryl methyl sites for hydroxylation is 1. The maximum absolute atomic E-state index is 5.58. The Morgan fingerprint density at radius 1 is 1.75 bits per heavy atom. The van der Waals surface area contributed by atoms with Crippen LogP contribution >= 0.6 is 0 Å². The average molecular weight is 165 g/mol. The van der Waals surface area contributed by atoms with E-state index >= 15 is 0 Å². The van der Waals surface area contributed by atoms with Gasteiger partial charge in [0.2, 0.25) is 0 Å². The minimum Gasteiger partial charge on any atom is -0.332 e. The number of rotatable bonds is 3. The maximum Gasteiger partial charge on any atom is 0.132 e. The Morgan fingerprint density at radius 3 is 3.08 bits per heavy atom. The van der Waals surface area contributed by atoms with Crippen LogP contribution in [0.2, 0.25) is 0 Å². The van der Waals surface area contributed by atoms with E-state index in [1.165, 1.54) is 0 Å². The molecule has 0 aliphatic carbocycles. The highest BCUT2D eigenvalue weighted by Gasteiger charge is 1.94. The smallest absolute Gasteiger partial charge is 0.132 e. The van der Waals surface area contributed by atoms with Crippen LogP contribution in [0.1, 0.15) is 19.7 Å². The quantitative estimate of drug-likeness (QED) is 0.732. The summed E-state index contributed by atoms with van der Waals surface area (Å²) in [6.45, 7) is 4.97. The molecule has 1 unspecified atom stereocenters. The van der Waals surface area contributed by atoms with Crippen LogP contribution in [-0.2, 0) is 6.54 Å². The Kier molecular flexibility index (Phi) is 3.05. The molecule has 0 spiro atoms. The molecule has 66 valence electrons. The van der Waals surface area contributed by atoms with E-state index in [9.17, 15) is 0 Å². The Bertz CT molecular complexity index is 260. The van der Waals surface area contributed by atoms with E-state index in [-0.39, 0.29) is 6.04 Å². The van der Waals surface area contributed by atoms with Gasteiger partial charge in [0.15, 0.2) is 0 Å². The molecule has 1 aromatic rings. The fourth-order valence-electron chi connectivity index (χ4n) is 0.985. The highest BCUT2D eigenvalue weighted by Crippen LogP contribution is 2.00. The van der Waals surface area contributed by atoms with E-state index in [1.54, 1.807) is 6.20 Å². The highest BCUT2D eigenvalue weighted by molar-refractivity contribution is 5.41. The van der Waals surface area contributed by atoms with Crippen molar-refractivity contribution in [2.75, 3.05) is 0 Å². The molecule has 0 bridgehead atoms. The second-order valence-electron chi connectivity index (χ2n) is 2.79. The van der Waals surface area contributed by atoms with Gasteiger partial charge in [0.25, 0.3) is 0 Å². The number of imidazole rings is 1. The summed E-state index contributed by atoms with van der Waals surface area (Å²) in [5.41, 5.74) is 5.58. The van der Waals surface area contributed by atoms with E-state index in [4.69, 9.17) is 5.73 Å². The third-order valence-corrected chi connectivity index (χ3v) is 1.64. The molecule has 1 atom stereocenters. The van der Waals surface area contributed by atoms with Crippen LogP contribution in [0, 0.1) is 0 Å². The third kappa shape index (κ3) is 2.20. The second kappa shape index (κ2) is 4.07. The molecule has 0 aliphatic heterocycles. The molecule has 0 radical (unpaired) electrons. The molecule has 1 heterocycles. The zero-order chi connectivity index (χ0) is 8.97. The van der Waals surface area contributed by atoms with Gasteiger partial charge in [-0.1, -0.05) is 6.08 Å². The van der Waals surface area contributed by atoms with E-state index in [2.05, 4.69) is 16.5 Å². The van der Waals surface area contributed by atoms with Crippen molar-refractivity contribution in [3.8, 4) is 0 Å². The summed E-state index contributed by atoms with van der Waals surface area (Å²) >= 11 is 0. The van der Waals surface area contributed by atoms with Gasteiger partial charge in [0.05, 0.1) is 0 Å². The van der Waals surface area contributed by atoms with Gasteiger partial charge in [-0.05, 0) is 19.9 Å². The Labute approximate surface area is 72.9 Å². The molecule has 1 rings (SSSR count). The van der Waals surface area contributed by atoms with Gasteiger partial charge >= 0.3 is 0 Å². The predicted molar refractivity (Wildman–Crippen MR) is 50.6 cm³/mol. The first-order chi connectivity index (χ1) is 5.74. The fourth-order valence-corrected chi connectivity index (χ4v) is 0.985. The van der Waals surface area contributed by atoms with Gasteiger partial charge in [-0.25, -0.2) is 4.98 Å². The summed E-state index contributed by atoms with van der Waals surface area (Å²) in [6, 6.07) is 0.0898. The molecule has 0 saturated carbocycles. The Morgan fingerprint density at radius 2 is 2.50 bits per heavy atom. The summed E-state index contributed by atoms with van der Waals surface area (Å²) in [4.78, 5) is 4.18. The summed E-state index contributed by atoms with van der Waals surface area (Å²) in [6.07, 6.45) is 7.65. The van der Waals surface area contributed by atoms with E-state index in [0.717, 1.165) is 12.4 Å². The molecule has 2 N–H and O–H groups in total. The van der Waals surface area contributed by atoms with Crippen molar-refractivity contribution >= 4 is 6.08 Å². The lowest BCUT2D eigenvalue weighted by Crippen LogP contribution is -2.10. The maximum atomic E-state index is 5.58. The molecule has 0 amide bonds. The highest BCUT2D eigenvalue weighted by atomic mass is 15.0. The SMILES string of the molecule is CCn1ccnc1/C=C/C(C)N. The zero-order valence-corrected chi connectivity index (χ0v) is 7.57. The standard InChI is InChI=1S/C9H15N3/c1-3-12-7-6-11-9(12)5-4-8(2)10/h4-8H,3,10H2,1-2H3/b5-4+. The molecule has 3 nitrogen and oxygen atoms in total.